The second-order valence-electron chi connectivity index (χ2n) is 9.36. The van der Waals surface area contributed by atoms with E-state index in [-0.39, 0.29) is 36.2 Å². The van der Waals surface area contributed by atoms with Crippen LogP contribution in [-0.4, -0.2) is 66.2 Å². The van der Waals surface area contributed by atoms with Crippen LogP contribution in [0, 0.1) is 12.3 Å². The van der Waals surface area contributed by atoms with E-state index < -0.39 is 36.6 Å². The number of carbonyl (C=O) groups excluding carboxylic acids is 3. The van der Waals surface area contributed by atoms with Crippen LogP contribution in [0.15, 0.2) is 71.8 Å². The number of phenols is 1. The molecule has 2 atom stereocenters. The molecule has 0 heterocycles. The molecule has 0 aliphatic carbocycles. The van der Waals surface area contributed by atoms with Gasteiger partial charge in [-0.1, -0.05) is 60.0 Å². The summed E-state index contributed by atoms with van der Waals surface area (Å²) in [4.78, 5) is 38.5. The Morgan fingerprint density at radius 2 is 1.73 bits per heavy atom. The zero-order chi connectivity index (χ0) is 32.6. The van der Waals surface area contributed by atoms with Gasteiger partial charge in [-0.2, -0.15) is 5.10 Å². The molecule has 236 valence electrons. The second-order valence-corrected chi connectivity index (χ2v) is 9.77. The lowest BCUT2D eigenvalue weighted by Crippen LogP contribution is -2.55. The molecule has 3 aromatic rings. The summed E-state index contributed by atoms with van der Waals surface area (Å²) in [7, 11) is 0. The van der Waals surface area contributed by atoms with Gasteiger partial charge in [0.1, 0.15) is 31.0 Å². The van der Waals surface area contributed by atoms with Gasteiger partial charge in [-0.25, -0.2) is 10.2 Å². The van der Waals surface area contributed by atoms with Crippen LogP contribution in [0.1, 0.15) is 23.6 Å². The molecular formula is C32H33ClN4O8. The first-order valence-corrected chi connectivity index (χ1v) is 14.1. The number of terminal acetylenes is 1. The number of aliphatic hydroxyl groups is 1. The summed E-state index contributed by atoms with van der Waals surface area (Å²) in [6, 6.07) is 15.4. The van der Waals surface area contributed by atoms with Crippen LogP contribution in [0.2, 0.25) is 5.02 Å². The molecule has 0 spiro atoms. The maximum Gasteiger partial charge on any atom is 0.408 e. The van der Waals surface area contributed by atoms with Crippen molar-refractivity contribution < 1.29 is 38.8 Å². The molecule has 45 heavy (non-hydrogen) atoms. The summed E-state index contributed by atoms with van der Waals surface area (Å²) in [6.07, 6.45) is 5.64. The Kier molecular flexibility index (Phi) is 13.5. The van der Waals surface area contributed by atoms with Crippen molar-refractivity contribution in [3.05, 3.63) is 88.4 Å². The van der Waals surface area contributed by atoms with E-state index in [1.54, 1.807) is 49.4 Å². The topological polar surface area (TPSA) is 168 Å². The van der Waals surface area contributed by atoms with Crippen molar-refractivity contribution in [2.45, 2.75) is 32.0 Å². The van der Waals surface area contributed by atoms with Crippen LogP contribution < -0.4 is 25.5 Å². The van der Waals surface area contributed by atoms with E-state index in [1.165, 1.54) is 24.4 Å². The minimum Gasteiger partial charge on any atom is -0.508 e. The highest BCUT2D eigenvalue weighted by Crippen LogP contribution is 2.36. The molecule has 0 unspecified atom stereocenters. The number of ether oxygens (including phenoxy) is 3. The van der Waals surface area contributed by atoms with E-state index in [0.29, 0.717) is 23.5 Å². The normalized spacial score (nSPS) is 12.0. The van der Waals surface area contributed by atoms with Gasteiger partial charge in [0.05, 0.1) is 24.5 Å². The van der Waals surface area contributed by atoms with Crippen molar-refractivity contribution in [1.29, 1.82) is 0 Å². The van der Waals surface area contributed by atoms with Gasteiger partial charge in [0.2, 0.25) is 5.91 Å². The number of nitrogens with one attached hydrogen (secondary N) is 3. The zero-order valence-corrected chi connectivity index (χ0v) is 25.1. The van der Waals surface area contributed by atoms with Crippen LogP contribution in [0.3, 0.4) is 0 Å². The van der Waals surface area contributed by atoms with Crippen molar-refractivity contribution in [3.8, 4) is 29.6 Å². The smallest absolute Gasteiger partial charge is 0.408 e. The van der Waals surface area contributed by atoms with Gasteiger partial charge >= 0.3 is 6.09 Å². The standard InChI is InChI=1S/C32H33ClN4O8/c1-3-14-44-29-25(33)15-23(17-28(29)43-4-2)18-34-37-31(41)26(16-21-10-12-24(39)13-11-21)35-30(40)27(19-38)36-32(42)45-20-22-8-6-5-7-9-22/h1,5-13,15,17-18,26-27,38-39H,4,14,16,19-20H2,2H3,(H,35,40)(H,36,42)(H,37,41)/b34-18-/t26-,27-/m0/s1. The number of rotatable bonds is 15. The molecule has 0 aliphatic rings. The highest BCUT2D eigenvalue weighted by Gasteiger charge is 2.27. The van der Waals surface area contributed by atoms with E-state index >= 15 is 0 Å². The van der Waals surface area contributed by atoms with E-state index in [2.05, 4.69) is 27.1 Å². The average molecular weight is 637 g/mol. The molecule has 0 saturated carbocycles. The van der Waals surface area contributed by atoms with Gasteiger partial charge in [-0.05, 0) is 47.9 Å². The van der Waals surface area contributed by atoms with Crippen LogP contribution in [0.4, 0.5) is 4.79 Å². The first-order chi connectivity index (χ1) is 21.7. The van der Waals surface area contributed by atoms with Crippen molar-refractivity contribution in [2.24, 2.45) is 5.10 Å². The number of hydrogen-bond donors (Lipinski definition) is 5. The summed E-state index contributed by atoms with van der Waals surface area (Å²) in [5.74, 6) is 1.43. The number of aliphatic hydroxyl groups excluding tert-OH is 1. The number of nitrogens with zero attached hydrogens (tertiary/aromatic N) is 1. The first-order valence-electron chi connectivity index (χ1n) is 13.8. The second kappa shape index (κ2) is 17.8. The molecule has 0 saturated heterocycles. The fourth-order valence-corrected chi connectivity index (χ4v) is 4.15. The fraction of sp³-hybridized carbons (Fsp3) is 0.250. The molecule has 0 fully saturated rings. The third kappa shape index (κ3) is 11.1. The third-order valence-corrected chi connectivity index (χ3v) is 6.31. The summed E-state index contributed by atoms with van der Waals surface area (Å²) >= 11 is 6.34. The molecule has 0 radical (unpaired) electrons. The number of halogens is 1. The summed E-state index contributed by atoms with van der Waals surface area (Å²) in [5, 5.41) is 28.4. The average Bonchev–Trinajstić information content (AvgIpc) is 3.03. The summed E-state index contributed by atoms with van der Waals surface area (Å²) in [6.45, 7) is 1.29. The van der Waals surface area contributed by atoms with Crippen molar-refractivity contribution in [2.75, 3.05) is 19.8 Å². The van der Waals surface area contributed by atoms with Gasteiger partial charge in [0.15, 0.2) is 11.5 Å². The van der Waals surface area contributed by atoms with Gasteiger partial charge in [-0.3, -0.25) is 9.59 Å². The minimum atomic E-state index is -1.42. The number of hydrogen-bond acceptors (Lipinski definition) is 9. The van der Waals surface area contributed by atoms with Gasteiger partial charge in [-0.15, -0.1) is 6.42 Å². The van der Waals surface area contributed by atoms with Gasteiger partial charge in [0.25, 0.3) is 5.91 Å². The first kappa shape index (κ1) is 34.2. The molecule has 3 aromatic carbocycles. The largest absolute Gasteiger partial charge is 0.508 e. The van der Waals surface area contributed by atoms with E-state index in [9.17, 15) is 24.6 Å². The predicted molar refractivity (Wildman–Crippen MR) is 167 cm³/mol. The lowest BCUT2D eigenvalue weighted by molar-refractivity contribution is -0.130. The Morgan fingerprint density at radius 3 is 2.40 bits per heavy atom. The van der Waals surface area contributed by atoms with Crippen LogP contribution in [0.25, 0.3) is 0 Å². The molecule has 3 amide bonds. The molecule has 12 nitrogen and oxygen atoms in total. The van der Waals surface area contributed by atoms with Crippen LogP contribution >= 0.6 is 11.6 Å². The molecule has 0 aromatic heterocycles. The Labute approximate surface area is 265 Å². The molecule has 13 heteroatoms. The van der Waals surface area contributed by atoms with Crippen molar-refractivity contribution >= 4 is 35.7 Å². The maximum absolute atomic E-state index is 13.2. The molecule has 5 N–H and O–H groups in total. The Hall–Kier alpha value is -5.25. The minimum absolute atomic E-state index is 0.00843. The third-order valence-electron chi connectivity index (χ3n) is 6.03. The molecule has 3 rings (SSSR count). The Morgan fingerprint density at radius 1 is 1.00 bits per heavy atom. The number of benzene rings is 3. The molecular weight excluding hydrogens is 604 g/mol. The highest BCUT2D eigenvalue weighted by atomic mass is 35.5. The monoisotopic (exact) mass is 636 g/mol. The zero-order valence-electron chi connectivity index (χ0n) is 24.4. The van der Waals surface area contributed by atoms with Crippen molar-refractivity contribution in [3.63, 3.8) is 0 Å². The van der Waals surface area contributed by atoms with Crippen LogP contribution in [-0.2, 0) is 27.4 Å². The van der Waals surface area contributed by atoms with Crippen molar-refractivity contribution in [1.82, 2.24) is 16.1 Å². The Bertz CT molecular complexity index is 1510. The number of carbonyl (C=O) groups is 3. The quantitative estimate of drug-likeness (QED) is 0.0964. The van der Waals surface area contributed by atoms with E-state index in [1.807, 2.05) is 6.07 Å². The predicted octanol–water partition coefficient (Wildman–Crippen LogP) is 2.92. The number of phenolic OH excluding ortho intramolecular Hbond substituents is 1. The highest BCUT2D eigenvalue weighted by molar-refractivity contribution is 6.32. The van der Waals surface area contributed by atoms with Gasteiger partial charge < -0.3 is 35.1 Å². The Balaban J connectivity index is 1.71. The lowest BCUT2D eigenvalue weighted by Gasteiger charge is -2.21. The summed E-state index contributed by atoms with van der Waals surface area (Å²) in [5.41, 5.74) is 4.17. The van der Waals surface area contributed by atoms with E-state index in [4.69, 9.17) is 32.2 Å². The maximum atomic E-state index is 13.2. The number of hydrazone groups is 1. The SMILES string of the molecule is C#CCOc1c(Cl)cc(/C=N\NC(=O)[C@H](Cc2ccc(O)cc2)NC(=O)[C@H](CO)NC(=O)OCc2ccccc2)cc1OCC. The summed E-state index contributed by atoms with van der Waals surface area (Å²) < 4.78 is 16.2. The van der Waals surface area contributed by atoms with Gasteiger partial charge in [0, 0.05) is 6.42 Å². The number of alkyl carbamates (subject to hydrolysis) is 1. The lowest BCUT2D eigenvalue weighted by atomic mass is 10.0. The molecule has 0 bridgehead atoms. The molecule has 0 aliphatic heterocycles. The van der Waals surface area contributed by atoms with E-state index in [0.717, 1.165) is 5.56 Å². The fourth-order valence-electron chi connectivity index (χ4n) is 3.88. The number of amides is 3. The number of aromatic hydroxyl groups is 1. The van der Waals surface area contributed by atoms with Crippen LogP contribution in [0.5, 0.6) is 17.2 Å².